The molecule has 0 saturated carbocycles. The number of amides is 1. The quantitative estimate of drug-likeness (QED) is 0.783. The lowest BCUT2D eigenvalue weighted by atomic mass is 10.2. The number of carbonyl (C=O) groups is 1. The van der Waals surface area contributed by atoms with Crippen molar-refractivity contribution in [3.63, 3.8) is 0 Å². The Morgan fingerprint density at radius 2 is 1.67 bits per heavy atom. The van der Waals surface area contributed by atoms with Gasteiger partial charge in [-0.25, -0.2) is 8.42 Å². The van der Waals surface area contributed by atoms with Crippen molar-refractivity contribution in [1.29, 1.82) is 0 Å². The fourth-order valence-corrected chi connectivity index (χ4v) is 2.42. The van der Waals surface area contributed by atoms with Gasteiger partial charge < -0.3 is 5.73 Å². The summed E-state index contributed by atoms with van der Waals surface area (Å²) < 4.78 is 23.9. The molecule has 0 spiro atoms. The molecule has 3 N–H and O–H groups in total. The van der Waals surface area contributed by atoms with Crippen molar-refractivity contribution in [2.24, 2.45) is 5.73 Å². The maximum Gasteiger partial charge on any atom is 0.262 e. The van der Waals surface area contributed by atoms with Gasteiger partial charge in [-0.3, -0.25) is 9.63 Å². The molecule has 0 atom stereocenters. The van der Waals surface area contributed by atoms with E-state index in [0.717, 1.165) is 5.56 Å². The number of hydrogen-bond acceptors (Lipinski definition) is 4. The molecule has 2 aromatic carbocycles. The molecule has 0 aliphatic carbocycles. The third kappa shape index (κ3) is 4.12. The molecule has 2 rings (SSSR count). The molecule has 6 nitrogen and oxygen atoms in total. The molecule has 0 radical (unpaired) electrons. The zero-order valence-electron chi connectivity index (χ0n) is 11.0. The van der Waals surface area contributed by atoms with Crippen LogP contribution in [0, 0.1) is 0 Å². The van der Waals surface area contributed by atoms with Crippen LogP contribution in [0.5, 0.6) is 0 Å². The number of hydrogen-bond donors (Lipinski definition) is 2. The predicted octanol–water partition coefficient (Wildman–Crippen LogP) is 1.20. The SMILES string of the molecule is NC(=O)c1ccc(S(=O)(=O)NOCc2ccccc2)cc1. The largest absolute Gasteiger partial charge is 0.366 e. The Bertz CT molecular complexity index is 712. The van der Waals surface area contributed by atoms with Crippen LogP contribution in [-0.4, -0.2) is 14.3 Å². The number of primary amides is 1. The highest BCUT2D eigenvalue weighted by Gasteiger charge is 2.14. The summed E-state index contributed by atoms with van der Waals surface area (Å²) in [6.07, 6.45) is 0. The Morgan fingerprint density at radius 1 is 1.05 bits per heavy atom. The van der Waals surface area contributed by atoms with Crippen LogP contribution in [0.1, 0.15) is 15.9 Å². The minimum absolute atomic E-state index is 0.0134. The smallest absolute Gasteiger partial charge is 0.262 e. The van der Waals surface area contributed by atoms with Crippen molar-refractivity contribution >= 4 is 15.9 Å². The van der Waals surface area contributed by atoms with Crippen LogP contribution >= 0.6 is 0 Å². The number of benzene rings is 2. The molecular weight excluding hydrogens is 292 g/mol. The van der Waals surface area contributed by atoms with Gasteiger partial charge >= 0.3 is 0 Å². The highest BCUT2D eigenvalue weighted by Crippen LogP contribution is 2.10. The van der Waals surface area contributed by atoms with Crippen molar-refractivity contribution in [3.8, 4) is 0 Å². The third-order valence-corrected chi connectivity index (χ3v) is 3.93. The fraction of sp³-hybridized carbons (Fsp3) is 0.0714. The summed E-state index contributed by atoms with van der Waals surface area (Å²) in [5.74, 6) is -0.618. The lowest BCUT2D eigenvalue weighted by Crippen LogP contribution is -2.24. The highest BCUT2D eigenvalue weighted by atomic mass is 32.2. The second kappa shape index (κ2) is 6.49. The summed E-state index contributed by atoms with van der Waals surface area (Å²) in [4.78, 5) is 17.9. The minimum Gasteiger partial charge on any atom is -0.366 e. The summed E-state index contributed by atoms with van der Waals surface area (Å²) in [6, 6.07) is 14.4. The topological polar surface area (TPSA) is 98.5 Å². The van der Waals surface area contributed by atoms with E-state index < -0.39 is 15.9 Å². The summed E-state index contributed by atoms with van der Waals surface area (Å²) >= 11 is 0. The van der Waals surface area contributed by atoms with E-state index in [4.69, 9.17) is 10.6 Å². The van der Waals surface area contributed by atoms with Gasteiger partial charge in [0.1, 0.15) is 0 Å². The maximum atomic E-state index is 12.0. The van der Waals surface area contributed by atoms with Crippen LogP contribution in [0.25, 0.3) is 0 Å². The van der Waals surface area contributed by atoms with Gasteiger partial charge in [-0.2, -0.15) is 0 Å². The van der Waals surface area contributed by atoms with E-state index in [1.807, 2.05) is 35.2 Å². The number of sulfonamides is 1. The molecule has 0 fully saturated rings. The second-order valence-electron chi connectivity index (χ2n) is 4.25. The summed E-state index contributed by atoms with van der Waals surface area (Å²) in [5, 5.41) is 0. The van der Waals surface area contributed by atoms with Crippen LogP contribution in [0.2, 0.25) is 0 Å². The Morgan fingerprint density at radius 3 is 2.24 bits per heavy atom. The molecule has 7 heteroatoms. The molecule has 0 saturated heterocycles. The van der Waals surface area contributed by atoms with E-state index in [9.17, 15) is 13.2 Å². The monoisotopic (exact) mass is 306 g/mol. The van der Waals surface area contributed by atoms with Crippen molar-refractivity contribution in [1.82, 2.24) is 4.89 Å². The van der Waals surface area contributed by atoms with E-state index in [1.54, 1.807) is 0 Å². The van der Waals surface area contributed by atoms with Crippen molar-refractivity contribution in [3.05, 3.63) is 65.7 Å². The molecule has 110 valence electrons. The van der Waals surface area contributed by atoms with Gasteiger partial charge in [0, 0.05) is 5.56 Å². The van der Waals surface area contributed by atoms with E-state index >= 15 is 0 Å². The molecule has 21 heavy (non-hydrogen) atoms. The molecule has 0 unspecified atom stereocenters. The Labute approximate surface area is 122 Å². The Kier molecular flexibility index (Phi) is 4.69. The average Bonchev–Trinajstić information content (AvgIpc) is 2.48. The van der Waals surface area contributed by atoms with Gasteiger partial charge in [0.25, 0.3) is 10.0 Å². The van der Waals surface area contributed by atoms with Crippen LogP contribution in [0.3, 0.4) is 0 Å². The van der Waals surface area contributed by atoms with Crippen LogP contribution in [-0.2, 0) is 21.5 Å². The number of nitrogens with one attached hydrogen (secondary N) is 1. The van der Waals surface area contributed by atoms with Crippen LogP contribution < -0.4 is 10.6 Å². The van der Waals surface area contributed by atoms with Gasteiger partial charge in [0.15, 0.2) is 0 Å². The zero-order valence-corrected chi connectivity index (χ0v) is 11.8. The van der Waals surface area contributed by atoms with Gasteiger partial charge in [0.2, 0.25) is 5.91 Å². The second-order valence-corrected chi connectivity index (χ2v) is 5.89. The molecule has 0 heterocycles. The van der Waals surface area contributed by atoms with Gasteiger partial charge in [-0.1, -0.05) is 35.2 Å². The van der Waals surface area contributed by atoms with E-state index in [2.05, 4.69) is 0 Å². The maximum absolute atomic E-state index is 12.0. The molecule has 0 bridgehead atoms. The molecule has 0 aliphatic heterocycles. The first-order valence-corrected chi connectivity index (χ1v) is 7.55. The lowest BCUT2D eigenvalue weighted by molar-refractivity contribution is 0.0795. The van der Waals surface area contributed by atoms with E-state index in [1.165, 1.54) is 24.3 Å². The lowest BCUT2D eigenvalue weighted by Gasteiger charge is -2.07. The first-order valence-electron chi connectivity index (χ1n) is 6.06. The fourth-order valence-electron chi connectivity index (χ4n) is 1.61. The van der Waals surface area contributed by atoms with Gasteiger partial charge in [0.05, 0.1) is 11.5 Å². The van der Waals surface area contributed by atoms with Gasteiger partial charge in [-0.15, -0.1) is 0 Å². The number of carbonyl (C=O) groups excluding carboxylic acids is 1. The third-order valence-electron chi connectivity index (χ3n) is 2.70. The van der Waals surface area contributed by atoms with Crippen molar-refractivity contribution < 1.29 is 18.0 Å². The van der Waals surface area contributed by atoms with E-state index in [-0.39, 0.29) is 17.1 Å². The first-order chi connectivity index (χ1) is 9.99. The van der Waals surface area contributed by atoms with Crippen LogP contribution in [0.15, 0.2) is 59.5 Å². The summed E-state index contributed by atoms with van der Waals surface area (Å²) in [6.45, 7) is 0.111. The highest BCUT2D eigenvalue weighted by molar-refractivity contribution is 7.89. The van der Waals surface area contributed by atoms with E-state index in [0.29, 0.717) is 0 Å². The zero-order chi connectivity index (χ0) is 15.3. The Hall–Kier alpha value is -2.22. The molecule has 1 amide bonds. The van der Waals surface area contributed by atoms with Crippen molar-refractivity contribution in [2.45, 2.75) is 11.5 Å². The standard InChI is InChI=1S/C14H14N2O4S/c15-14(17)12-6-8-13(9-7-12)21(18,19)16-20-10-11-4-2-1-3-5-11/h1-9,16H,10H2,(H2,15,17). The predicted molar refractivity (Wildman–Crippen MR) is 76.5 cm³/mol. The molecule has 2 aromatic rings. The van der Waals surface area contributed by atoms with Crippen molar-refractivity contribution in [2.75, 3.05) is 0 Å². The van der Waals surface area contributed by atoms with Crippen LogP contribution in [0.4, 0.5) is 0 Å². The first kappa shape index (κ1) is 15.2. The molecular formula is C14H14N2O4S. The summed E-state index contributed by atoms with van der Waals surface area (Å²) in [5.41, 5.74) is 6.16. The normalized spacial score (nSPS) is 11.2. The molecule has 0 aromatic heterocycles. The Balaban J connectivity index is 2.00. The van der Waals surface area contributed by atoms with Gasteiger partial charge in [-0.05, 0) is 29.8 Å². The summed E-state index contributed by atoms with van der Waals surface area (Å²) in [7, 11) is -3.80. The number of nitrogens with two attached hydrogens (primary N) is 1. The molecule has 0 aliphatic rings. The average molecular weight is 306 g/mol. The minimum atomic E-state index is -3.80. The number of rotatable bonds is 6.